The number of hydrogen-bond acceptors (Lipinski definition) is 1. The summed E-state index contributed by atoms with van der Waals surface area (Å²) in [5.74, 6) is 0.172. The van der Waals surface area contributed by atoms with Crippen LogP contribution in [0.15, 0.2) is 11.9 Å². The van der Waals surface area contributed by atoms with E-state index in [9.17, 15) is 9.18 Å². The highest BCUT2D eigenvalue weighted by Crippen LogP contribution is 2.52. The van der Waals surface area contributed by atoms with Crippen LogP contribution in [0, 0.1) is 33.5 Å². The van der Waals surface area contributed by atoms with Crippen LogP contribution in [0.4, 0.5) is 4.39 Å². The Labute approximate surface area is 173 Å². The molecule has 0 aromatic carbocycles. The van der Waals surface area contributed by atoms with Gasteiger partial charge < -0.3 is 5.11 Å². The number of halogens is 1. The SMILES string of the molecule is CC(C)(C)CC(C)(C)CC/C(=C\F)C(C)(C)CC(C)(C)CC1CC1CC(=O)O. The minimum atomic E-state index is -0.689. The molecule has 0 saturated heterocycles. The first-order valence-corrected chi connectivity index (χ1v) is 11.0. The van der Waals surface area contributed by atoms with Gasteiger partial charge in [0.15, 0.2) is 0 Å². The molecule has 1 saturated carbocycles. The van der Waals surface area contributed by atoms with E-state index in [2.05, 4.69) is 62.3 Å². The maximum absolute atomic E-state index is 13.9. The Morgan fingerprint density at radius 2 is 1.54 bits per heavy atom. The maximum Gasteiger partial charge on any atom is 0.303 e. The molecule has 3 heteroatoms. The third-order valence-corrected chi connectivity index (χ3v) is 6.32. The molecule has 0 aromatic heterocycles. The summed E-state index contributed by atoms with van der Waals surface area (Å²) in [6, 6.07) is 0. The molecule has 0 spiro atoms. The van der Waals surface area contributed by atoms with Crippen molar-refractivity contribution in [2.24, 2.45) is 33.5 Å². The molecule has 1 rings (SSSR count). The Bertz CT molecular complexity index is 564. The van der Waals surface area contributed by atoms with Crippen molar-refractivity contribution in [2.45, 2.75) is 107 Å². The molecule has 0 bridgehead atoms. The summed E-state index contributed by atoms with van der Waals surface area (Å²) in [4.78, 5) is 10.9. The van der Waals surface area contributed by atoms with Gasteiger partial charge in [0, 0.05) is 6.42 Å². The normalized spacial score (nSPS) is 21.7. The van der Waals surface area contributed by atoms with Crippen LogP contribution >= 0.6 is 0 Å². The number of carbonyl (C=O) groups is 1. The van der Waals surface area contributed by atoms with Crippen LogP contribution in [0.25, 0.3) is 0 Å². The molecular formula is C25H45FO2. The molecule has 0 radical (unpaired) electrons. The molecule has 1 aliphatic rings. The van der Waals surface area contributed by atoms with Gasteiger partial charge in [-0.2, -0.15) is 0 Å². The van der Waals surface area contributed by atoms with E-state index < -0.39 is 5.97 Å². The van der Waals surface area contributed by atoms with Crippen molar-refractivity contribution in [3.63, 3.8) is 0 Å². The number of rotatable bonds is 11. The van der Waals surface area contributed by atoms with Crippen molar-refractivity contribution in [3.05, 3.63) is 11.9 Å². The highest BCUT2D eigenvalue weighted by Gasteiger charge is 2.43. The number of carboxylic acid groups (broad SMARTS) is 1. The minimum absolute atomic E-state index is 0.0800. The highest BCUT2D eigenvalue weighted by molar-refractivity contribution is 5.67. The van der Waals surface area contributed by atoms with Gasteiger partial charge in [-0.25, -0.2) is 4.39 Å². The van der Waals surface area contributed by atoms with E-state index in [0.717, 1.165) is 50.4 Å². The molecule has 2 nitrogen and oxygen atoms in total. The lowest BCUT2D eigenvalue weighted by Crippen LogP contribution is -2.27. The predicted octanol–water partition coefficient (Wildman–Crippen LogP) is 8.03. The van der Waals surface area contributed by atoms with E-state index >= 15 is 0 Å². The zero-order valence-corrected chi connectivity index (χ0v) is 19.9. The van der Waals surface area contributed by atoms with E-state index in [1.54, 1.807) is 0 Å². The van der Waals surface area contributed by atoms with Gasteiger partial charge in [-0.15, -0.1) is 0 Å². The fraction of sp³-hybridized carbons (Fsp3) is 0.880. The Hall–Kier alpha value is -0.860. The second-order valence-electron chi connectivity index (χ2n) is 12.8. The zero-order chi connectivity index (χ0) is 22.0. The molecule has 1 fully saturated rings. The largest absolute Gasteiger partial charge is 0.481 e. The van der Waals surface area contributed by atoms with E-state index in [1.807, 2.05) is 0 Å². The lowest BCUT2D eigenvalue weighted by molar-refractivity contribution is -0.137. The molecule has 2 atom stereocenters. The monoisotopic (exact) mass is 396 g/mol. The summed E-state index contributed by atoms with van der Waals surface area (Å²) in [5, 5.41) is 8.98. The molecule has 1 N–H and O–H groups in total. The fourth-order valence-electron chi connectivity index (χ4n) is 5.66. The van der Waals surface area contributed by atoms with Crippen LogP contribution in [-0.2, 0) is 4.79 Å². The standard InChI is InChI=1S/C25H45FO2/c1-22(2,3)16-23(4,5)11-10-20(15-26)25(8,9)17-24(6,7)14-19-12-18(19)13-21(27)28/h15,18-19H,10-14,16-17H2,1-9H3,(H,27,28)/b20-15+. The van der Waals surface area contributed by atoms with Crippen LogP contribution in [0.2, 0.25) is 0 Å². The van der Waals surface area contributed by atoms with Gasteiger partial charge in [-0.3, -0.25) is 4.79 Å². The zero-order valence-electron chi connectivity index (χ0n) is 19.9. The van der Waals surface area contributed by atoms with Crippen LogP contribution in [0.1, 0.15) is 107 Å². The van der Waals surface area contributed by atoms with Gasteiger partial charge in [-0.05, 0) is 77.6 Å². The maximum atomic E-state index is 13.9. The molecule has 0 aromatic rings. The van der Waals surface area contributed by atoms with Crippen molar-refractivity contribution in [1.82, 2.24) is 0 Å². The second kappa shape index (κ2) is 8.88. The molecular weight excluding hydrogens is 351 g/mol. The molecule has 0 aliphatic heterocycles. The summed E-state index contributed by atoms with van der Waals surface area (Å²) in [6.07, 6.45) is 7.05. The Balaban J connectivity index is 2.66. The van der Waals surface area contributed by atoms with Crippen molar-refractivity contribution >= 4 is 5.97 Å². The lowest BCUT2D eigenvalue weighted by Gasteiger charge is -2.38. The topological polar surface area (TPSA) is 37.3 Å². The van der Waals surface area contributed by atoms with Gasteiger partial charge in [0.25, 0.3) is 0 Å². The van der Waals surface area contributed by atoms with Crippen molar-refractivity contribution in [1.29, 1.82) is 0 Å². The Morgan fingerprint density at radius 3 is 2.00 bits per heavy atom. The summed E-state index contributed by atoms with van der Waals surface area (Å²) >= 11 is 0. The fourth-order valence-corrected chi connectivity index (χ4v) is 5.66. The third kappa shape index (κ3) is 9.09. The second-order valence-corrected chi connectivity index (χ2v) is 12.8. The van der Waals surface area contributed by atoms with Crippen LogP contribution < -0.4 is 0 Å². The van der Waals surface area contributed by atoms with Gasteiger partial charge in [-0.1, -0.05) is 62.3 Å². The average Bonchev–Trinajstić information content (AvgIpc) is 3.09. The molecule has 0 amide bonds. The van der Waals surface area contributed by atoms with Crippen LogP contribution in [0.3, 0.4) is 0 Å². The molecule has 0 heterocycles. The summed E-state index contributed by atoms with van der Waals surface area (Å²) in [7, 11) is 0. The predicted molar refractivity (Wildman–Crippen MR) is 117 cm³/mol. The molecule has 28 heavy (non-hydrogen) atoms. The van der Waals surface area contributed by atoms with Crippen molar-refractivity contribution < 1.29 is 14.3 Å². The minimum Gasteiger partial charge on any atom is -0.481 e. The van der Waals surface area contributed by atoms with Crippen molar-refractivity contribution in [3.8, 4) is 0 Å². The van der Waals surface area contributed by atoms with E-state index in [-0.39, 0.29) is 21.7 Å². The van der Waals surface area contributed by atoms with E-state index in [4.69, 9.17) is 5.11 Å². The smallest absolute Gasteiger partial charge is 0.303 e. The quantitative estimate of drug-likeness (QED) is 0.384. The van der Waals surface area contributed by atoms with Gasteiger partial charge in [0.2, 0.25) is 0 Å². The van der Waals surface area contributed by atoms with Crippen LogP contribution in [-0.4, -0.2) is 11.1 Å². The van der Waals surface area contributed by atoms with Gasteiger partial charge >= 0.3 is 5.97 Å². The van der Waals surface area contributed by atoms with Crippen LogP contribution in [0.5, 0.6) is 0 Å². The highest BCUT2D eigenvalue weighted by atomic mass is 19.1. The number of carboxylic acids is 1. The summed E-state index contributed by atoms with van der Waals surface area (Å²) < 4.78 is 13.9. The van der Waals surface area contributed by atoms with E-state index in [0.29, 0.717) is 18.3 Å². The van der Waals surface area contributed by atoms with E-state index in [1.165, 1.54) is 0 Å². The van der Waals surface area contributed by atoms with Gasteiger partial charge in [0.1, 0.15) is 0 Å². The number of allylic oxidation sites excluding steroid dienone is 1. The van der Waals surface area contributed by atoms with Gasteiger partial charge in [0.05, 0.1) is 6.33 Å². The number of aliphatic carboxylic acids is 1. The van der Waals surface area contributed by atoms with Crippen molar-refractivity contribution in [2.75, 3.05) is 0 Å². The number of hydrogen-bond donors (Lipinski definition) is 1. The third-order valence-electron chi connectivity index (χ3n) is 6.32. The summed E-state index contributed by atoms with van der Waals surface area (Å²) in [6.45, 7) is 20.2. The Morgan fingerprint density at radius 1 is 0.964 bits per heavy atom. The molecule has 2 unspecified atom stereocenters. The first-order valence-electron chi connectivity index (χ1n) is 11.0. The first kappa shape index (κ1) is 25.2. The Kier molecular flexibility index (Phi) is 7.98. The average molecular weight is 397 g/mol. The first-order chi connectivity index (χ1) is 12.5. The lowest BCUT2D eigenvalue weighted by atomic mass is 9.67. The summed E-state index contributed by atoms with van der Waals surface area (Å²) in [5.41, 5.74) is 1.28. The molecule has 1 aliphatic carbocycles. The molecule has 164 valence electrons.